The number of thioether (sulfide) groups is 1. The standard InChI is InChI=1S/C14H25NO3S/c1-14(13(16)17,15-11-3-4-11)7-2-10-19-12-5-8-18-9-6-12/h11-12,15H,2-10H2,1H3,(H,16,17). The topological polar surface area (TPSA) is 58.6 Å². The van der Waals surface area contributed by atoms with Crippen molar-refractivity contribution in [2.45, 2.75) is 62.3 Å². The van der Waals surface area contributed by atoms with Gasteiger partial charge >= 0.3 is 5.97 Å². The van der Waals surface area contributed by atoms with E-state index >= 15 is 0 Å². The van der Waals surface area contributed by atoms with Crippen molar-refractivity contribution in [1.82, 2.24) is 5.32 Å². The van der Waals surface area contributed by atoms with Crippen molar-refractivity contribution < 1.29 is 14.6 Å². The zero-order valence-corrected chi connectivity index (χ0v) is 12.5. The summed E-state index contributed by atoms with van der Waals surface area (Å²) >= 11 is 1.98. The fraction of sp³-hybridized carbons (Fsp3) is 0.929. The molecule has 0 aromatic heterocycles. The zero-order valence-electron chi connectivity index (χ0n) is 11.7. The van der Waals surface area contributed by atoms with E-state index in [1.54, 1.807) is 0 Å². The van der Waals surface area contributed by atoms with Crippen molar-refractivity contribution in [1.29, 1.82) is 0 Å². The second kappa shape index (κ2) is 6.95. The van der Waals surface area contributed by atoms with Crippen molar-refractivity contribution >= 4 is 17.7 Å². The number of aliphatic carboxylic acids is 1. The van der Waals surface area contributed by atoms with Crippen LogP contribution in [-0.4, -0.2) is 46.9 Å². The number of carboxylic acids is 1. The van der Waals surface area contributed by atoms with Gasteiger partial charge in [-0.05, 0) is 51.2 Å². The van der Waals surface area contributed by atoms with Crippen molar-refractivity contribution in [3.8, 4) is 0 Å². The summed E-state index contributed by atoms with van der Waals surface area (Å²) in [5.74, 6) is 0.343. The van der Waals surface area contributed by atoms with E-state index in [-0.39, 0.29) is 0 Å². The molecule has 4 nitrogen and oxygen atoms in total. The van der Waals surface area contributed by atoms with Gasteiger partial charge < -0.3 is 9.84 Å². The molecular weight excluding hydrogens is 262 g/mol. The van der Waals surface area contributed by atoms with E-state index in [1.165, 1.54) is 0 Å². The first-order chi connectivity index (χ1) is 9.10. The predicted octanol–water partition coefficient (Wildman–Crippen LogP) is 2.27. The van der Waals surface area contributed by atoms with Crippen molar-refractivity contribution in [2.24, 2.45) is 0 Å². The Labute approximate surface area is 119 Å². The summed E-state index contributed by atoms with van der Waals surface area (Å²) in [5, 5.41) is 13.4. The average Bonchev–Trinajstić information content (AvgIpc) is 3.19. The lowest BCUT2D eigenvalue weighted by Crippen LogP contribution is -2.50. The maximum absolute atomic E-state index is 11.4. The van der Waals surface area contributed by atoms with E-state index in [1.807, 2.05) is 18.7 Å². The summed E-state index contributed by atoms with van der Waals surface area (Å²) < 4.78 is 5.34. The molecule has 2 rings (SSSR count). The number of ether oxygens (including phenoxy) is 1. The van der Waals surface area contributed by atoms with Crippen LogP contribution < -0.4 is 5.32 Å². The van der Waals surface area contributed by atoms with E-state index in [2.05, 4.69) is 5.32 Å². The maximum atomic E-state index is 11.4. The van der Waals surface area contributed by atoms with Crippen LogP contribution in [0.25, 0.3) is 0 Å². The second-order valence-electron chi connectivity index (χ2n) is 5.84. The van der Waals surface area contributed by atoms with Crippen LogP contribution in [0.5, 0.6) is 0 Å². The molecule has 1 saturated carbocycles. The Morgan fingerprint density at radius 2 is 2.05 bits per heavy atom. The van der Waals surface area contributed by atoms with E-state index in [0.29, 0.717) is 11.3 Å². The van der Waals surface area contributed by atoms with Gasteiger partial charge in [0.15, 0.2) is 0 Å². The Hall–Kier alpha value is -0.260. The smallest absolute Gasteiger partial charge is 0.323 e. The molecule has 0 aromatic carbocycles. The lowest BCUT2D eigenvalue weighted by Gasteiger charge is -2.27. The summed E-state index contributed by atoms with van der Waals surface area (Å²) in [4.78, 5) is 11.4. The Bertz CT molecular complexity index is 303. The van der Waals surface area contributed by atoms with Crippen LogP contribution in [0.15, 0.2) is 0 Å². The molecule has 110 valence electrons. The summed E-state index contributed by atoms with van der Waals surface area (Å²) in [6, 6.07) is 0.434. The average molecular weight is 287 g/mol. The van der Waals surface area contributed by atoms with Crippen LogP contribution in [0.1, 0.15) is 45.4 Å². The highest BCUT2D eigenvalue weighted by Crippen LogP contribution is 2.27. The number of nitrogens with one attached hydrogen (secondary N) is 1. The SMILES string of the molecule is CC(CCCSC1CCOCC1)(NC1CC1)C(=O)O. The van der Waals surface area contributed by atoms with Crippen molar-refractivity contribution in [3.05, 3.63) is 0 Å². The van der Waals surface area contributed by atoms with Crippen molar-refractivity contribution in [3.63, 3.8) is 0 Å². The quantitative estimate of drug-likeness (QED) is 0.671. The number of rotatable bonds is 8. The third-order valence-electron chi connectivity index (χ3n) is 3.92. The van der Waals surface area contributed by atoms with Gasteiger partial charge in [-0.3, -0.25) is 10.1 Å². The highest BCUT2D eigenvalue weighted by atomic mass is 32.2. The number of carboxylic acid groups (broad SMARTS) is 1. The first kappa shape index (κ1) is 15.1. The van der Waals surface area contributed by atoms with Gasteiger partial charge in [-0.1, -0.05) is 0 Å². The monoisotopic (exact) mass is 287 g/mol. The minimum Gasteiger partial charge on any atom is -0.480 e. The molecule has 1 unspecified atom stereocenters. The summed E-state index contributed by atoms with van der Waals surface area (Å²) in [7, 11) is 0. The highest BCUT2D eigenvalue weighted by Gasteiger charge is 2.37. The molecule has 2 N–H and O–H groups in total. The van der Waals surface area contributed by atoms with Gasteiger partial charge in [0.1, 0.15) is 5.54 Å². The van der Waals surface area contributed by atoms with Gasteiger partial charge in [0.05, 0.1) is 0 Å². The van der Waals surface area contributed by atoms with Crippen molar-refractivity contribution in [2.75, 3.05) is 19.0 Å². The zero-order chi connectivity index (χ0) is 13.7. The minimum atomic E-state index is -0.739. The van der Waals surface area contributed by atoms with Gasteiger partial charge in [0.2, 0.25) is 0 Å². The molecular formula is C14H25NO3S. The fourth-order valence-electron chi connectivity index (χ4n) is 2.44. The van der Waals surface area contributed by atoms with Gasteiger partial charge in [-0.2, -0.15) is 11.8 Å². The highest BCUT2D eigenvalue weighted by molar-refractivity contribution is 7.99. The van der Waals surface area contributed by atoms with Crippen LogP contribution in [0.3, 0.4) is 0 Å². The molecule has 0 aromatic rings. The molecule has 0 bridgehead atoms. The normalized spacial score (nSPS) is 24.1. The van der Waals surface area contributed by atoms with Crippen LogP contribution in [0.2, 0.25) is 0 Å². The maximum Gasteiger partial charge on any atom is 0.323 e. The molecule has 1 heterocycles. The first-order valence-electron chi connectivity index (χ1n) is 7.30. The lowest BCUT2D eigenvalue weighted by molar-refractivity contribution is -0.144. The number of carbonyl (C=O) groups is 1. The van der Waals surface area contributed by atoms with E-state index < -0.39 is 11.5 Å². The Kier molecular flexibility index (Phi) is 5.54. The molecule has 0 radical (unpaired) electrons. The largest absolute Gasteiger partial charge is 0.480 e. The summed E-state index contributed by atoms with van der Waals surface area (Å²) in [6.07, 6.45) is 6.21. The molecule has 1 atom stereocenters. The molecule has 1 aliphatic carbocycles. The Balaban J connectivity index is 1.65. The van der Waals surface area contributed by atoms with E-state index in [9.17, 15) is 9.90 Å². The molecule has 2 aliphatic rings. The second-order valence-corrected chi connectivity index (χ2v) is 7.25. The Morgan fingerprint density at radius 1 is 1.37 bits per heavy atom. The van der Waals surface area contributed by atoms with Gasteiger partial charge in [0, 0.05) is 24.5 Å². The molecule has 19 heavy (non-hydrogen) atoms. The van der Waals surface area contributed by atoms with Crippen LogP contribution >= 0.6 is 11.8 Å². The van der Waals surface area contributed by atoms with Gasteiger partial charge in [0.25, 0.3) is 0 Å². The summed E-state index contributed by atoms with van der Waals surface area (Å²) in [5.41, 5.74) is -0.739. The van der Waals surface area contributed by atoms with Gasteiger partial charge in [-0.25, -0.2) is 0 Å². The predicted molar refractivity (Wildman–Crippen MR) is 77.7 cm³/mol. The lowest BCUT2D eigenvalue weighted by atomic mass is 9.96. The van der Waals surface area contributed by atoms with Gasteiger partial charge in [-0.15, -0.1) is 0 Å². The number of hydrogen-bond acceptors (Lipinski definition) is 4. The van der Waals surface area contributed by atoms with E-state index in [4.69, 9.17) is 4.74 Å². The fourth-order valence-corrected chi connectivity index (χ4v) is 3.61. The van der Waals surface area contributed by atoms with Crippen LogP contribution in [0, 0.1) is 0 Å². The third-order valence-corrected chi connectivity index (χ3v) is 5.38. The number of hydrogen-bond donors (Lipinski definition) is 2. The molecule has 5 heteroatoms. The molecule has 0 amide bonds. The van der Waals surface area contributed by atoms with E-state index in [0.717, 1.165) is 57.5 Å². The molecule has 1 saturated heterocycles. The first-order valence-corrected chi connectivity index (χ1v) is 8.35. The molecule has 2 fully saturated rings. The van der Waals surface area contributed by atoms with Crippen LogP contribution in [-0.2, 0) is 9.53 Å². The minimum absolute atomic E-state index is 0.434. The Morgan fingerprint density at radius 3 is 2.63 bits per heavy atom. The third kappa shape index (κ3) is 4.97. The molecule has 1 aliphatic heterocycles. The summed E-state index contributed by atoms with van der Waals surface area (Å²) in [6.45, 7) is 3.59. The molecule has 0 spiro atoms. The van der Waals surface area contributed by atoms with Crippen LogP contribution in [0.4, 0.5) is 0 Å².